The van der Waals surface area contributed by atoms with Crippen LogP contribution in [0.15, 0.2) is 23.1 Å². The van der Waals surface area contributed by atoms with Crippen LogP contribution in [0.25, 0.3) is 0 Å². The van der Waals surface area contributed by atoms with Gasteiger partial charge in [-0.1, -0.05) is 6.92 Å². The molecule has 4 heteroatoms. The van der Waals surface area contributed by atoms with Crippen molar-refractivity contribution in [1.29, 1.82) is 0 Å². The van der Waals surface area contributed by atoms with Crippen LogP contribution in [-0.2, 0) is 11.2 Å². The van der Waals surface area contributed by atoms with E-state index in [-0.39, 0.29) is 5.91 Å². The number of hydrogen-bond acceptors (Lipinski definition) is 3. The molecule has 1 aliphatic rings. The first-order chi connectivity index (χ1) is 8.61. The third-order valence-electron chi connectivity index (χ3n) is 3.22. The van der Waals surface area contributed by atoms with Crippen molar-refractivity contribution in [2.24, 2.45) is 5.73 Å². The number of amides is 1. The van der Waals surface area contributed by atoms with Crippen LogP contribution in [0, 0.1) is 0 Å². The summed E-state index contributed by atoms with van der Waals surface area (Å²) in [4.78, 5) is 14.7. The average Bonchev–Trinajstić information content (AvgIpc) is 2.37. The minimum Gasteiger partial charge on any atom is -0.329 e. The second-order valence-corrected chi connectivity index (χ2v) is 6.24. The van der Waals surface area contributed by atoms with Crippen molar-refractivity contribution >= 4 is 23.4 Å². The van der Waals surface area contributed by atoms with Crippen LogP contribution < -0.4 is 10.6 Å². The standard InChI is InChI=1S/C14H20N2OS/c1-10(9-15)18-13-5-6-14-12(8-13)4-3-7-16(14)11(2)17/h5-6,8,10H,3-4,7,9,15H2,1-2H3. The smallest absolute Gasteiger partial charge is 0.223 e. The Morgan fingerprint density at radius 3 is 3.00 bits per heavy atom. The number of thioether (sulfide) groups is 1. The second kappa shape index (κ2) is 5.76. The molecule has 1 amide bonds. The summed E-state index contributed by atoms with van der Waals surface area (Å²) < 4.78 is 0. The number of benzene rings is 1. The molecule has 0 aliphatic carbocycles. The van der Waals surface area contributed by atoms with E-state index >= 15 is 0 Å². The summed E-state index contributed by atoms with van der Waals surface area (Å²) in [5.74, 6) is 0.131. The van der Waals surface area contributed by atoms with Gasteiger partial charge < -0.3 is 10.6 Å². The van der Waals surface area contributed by atoms with Gasteiger partial charge in [-0.3, -0.25) is 4.79 Å². The summed E-state index contributed by atoms with van der Waals surface area (Å²) in [5, 5.41) is 0.426. The monoisotopic (exact) mass is 264 g/mol. The van der Waals surface area contributed by atoms with Crippen molar-refractivity contribution in [1.82, 2.24) is 0 Å². The summed E-state index contributed by atoms with van der Waals surface area (Å²) in [6.45, 7) is 5.29. The number of nitrogens with zero attached hydrogens (tertiary/aromatic N) is 1. The van der Waals surface area contributed by atoms with E-state index in [9.17, 15) is 4.79 Å². The SMILES string of the molecule is CC(=O)N1CCCc2cc(SC(C)CN)ccc21. The molecular weight excluding hydrogens is 244 g/mol. The van der Waals surface area contributed by atoms with Crippen molar-refractivity contribution < 1.29 is 4.79 Å². The van der Waals surface area contributed by atoms with Gasteiger partial charge in [-0.25, -0.2) is 0 Å². The van der Waals surface area contributed by atoms with Crippen LogP contribution >= 0.6 is 11.8 Å². The summed E-state index contributed by atoms with van der Waals surface area (Å²) >= 11 is 1.80. The largest absolute Gasteiger partial charge is 0.329 e. The molecule has 0 radical (unpaired) electrons. The van der Waals surface area contributed by atoms with E-state index in [2.05, 4.69) is 25.1 Å². The maximum atomic E-state index is 11.6. The topological polar surface area (TPSA) is 46.3 Å². The Bertz CT molecular complexity index is 447. The molecule has 1 aliphatic heterocycles. The van der Waals surface area contributed by atoms with Crippen LogP contribution in [-0.4, -0.2) is 24.2 Å². The Hall–Kier alpha value is -1.00. The summed E-state index contributed by atoms with van der Waals surface area (Å²) in [6.07, 6.45) is 2.11. The Kier molecular flexibility index (Phi) is 4.30. The molecular formula is C14H20N2OS. The predicted molar refractivity (Wildman–Crippen MR) is 77.2 cm³/mol. The van der Waals surface area contributed by atoms with Gasteiger partial charge in [0, 0.05) is 35.8 Å². The van der Waals surface area contributed by atoms with Gasteiger partial charge in [0.25, 0.3) is 0 Å². The Labute approximate surface area is 113 Å². The molecule has 2 rings (SSSR count). The van der Waals surface area contributed by atoms with Gasteiger partial charge in [0.05, 0.1) is 0 Å². The number of rotatable bonds is 3. The lowest BCUT2D eigenvalue weighted by atomic mass is 10.0. The summed E-state index contributed by atoms with van der Waals surface area (Å²) in [7, 11) is 0. The van der Waals surface area contributed by atoms with Crippen molar-refractivity contribution in [2.45, 2.75) is 36.8 Å². The predicted octanol–water partition coefficient (Wildman–Crippen LogP) is 2.43. The fraction of sp³-hybridized carbons (Fsp3) is 0.500. The highest BCUT2D eigenvalue weighted by Crippen LogP contribution is 2.32. The zero-order valence-corrected chi connectivity index (χ0v) is 11.8. The van der Waals surface area contributed by atoms with Crippen LogP contribution in [0.4, 0.5) is 5.69 Å². The van der Waals surface area contributed by atoms with E-state index in [4.69, 9.17) is 5.73 Å². The number of hydrogen-bond donors (Lipinski definition) is 1. The first kappa shape index (κ1) is 13.4. The molecule has 1 heterocycles. The molecule has 0 fully saturated rings. The fourth-order valence-electron chi connectivity index (χ4n) is 2.25. The van der Waals surface area contributed by atoms with E-state index in [0.717, 1.165) is 25.1 Å². The molecule has 0 aromatic heterocycles. The molecule has 1 aromatic carbocycles. The van der Waals surface area contributed by atoms with E-state index in [1.165, 1.54) is 10.5 Å². The number of carbonyl (C=O) groups excluding carboxylic acids is 1. The maximum Gasteiger partial charge on any atom is 0.223 e. The molecule has 18 heavy (non-hydrogen) atoms. The maximum absolute atomic E-state index is 11.6. The highest BCUT2D eigenvalue weighted by molar-refractivity contribution is 8.00. The molecule has 0 spiro atoms. The highest BCUT2D eigenvalue weighted by atomic mass is 32.2. The normalized spacial score (nSPS) is 16.3. The zero-order valence-electron chi connectivity index (χ0n) is 11.0. The summed E-state index contributed by atoms with van der Waals surface area (Å²) in [6, 6.07) is 6.37. The van der Waals surface area contributed by atoms with E-state index in [1.54, 1.807) is 18.7 Å². The number of anilines is 1. The van der Waals surface area contributed by atoms with E-state index in [1.807, 2.05) is 4.90 Å². The molecule has 0 bridgehead atoms. The van der Waals surface area contributed by atoms with Gasteiger partial charge in [-0.2, -0.15) is 0 Å². The lowest BCUT2D eigenvalue weighted by molar-refractivity contribution is -0.116. The third-order valence-corrected chi connectivity index (χ3v) is 4.34. The Balaban J connectivity index is 2.24. The lowest BCUT2D eigenvalue weighted by Crippen LogP contribution is -2.33. The highest BCUT2D eigenvalue weighted by Gasteiger charge is 2.20. The fourth-order valence-corrected chi connectivity index (χ4v) is 3.17. The molecule has 3 nitrogen and oxygen atoms in total. The molecule has 1 atom stereocenters. The van der Waals surface area contributed by atoms with Crippen LogP contribution in [0.1, 0.15) is 25.8 Å². The van der Waals surface area contributed by atoms with Crippen molar-refractivity contribution in [3.8, 4) is 0 Å². The minimum absolute atomic E-state index is 0.131. The molecule has 1 unspecified atom stereocenters. The van der Waals surface area contributed by atoms with Gasteiger partial charge in [-0.05, 0) is 36.6 Å². The van der Waals surface area contributed by atoms with E-state index < -0.39 is 0 Å². The number of carbonyl (C=O) groups is 1. The zero-order chi connectivity index (χ0) is 13.1. The van der Waals surface area contributed by atoms with Crippen molar-refractivity contribution in [3.63, 3.8) is 0 Å². The lowest BCUT2D eigenvalue weighted by Gasteiger charge is -2.29. The molecule has 0 saturated carbocycles. The van der Waals surface area contributed by atoms with Crippen molar-refractivity contribution in [3.05, 3.63) is 23.8 Å². The van der Waals surface area contributed by atoms with Gasteiger partial charge in [0.15, 0.2) is 0 Å². The Morgan fingerprint density at radius 1 is 1.56 bits per heavy atom. The summed E-state index contributed by atoms with van der Waals surface area (Å²) in [5.41, 5.74) is 8.01. The molecule has 98 valence electrons. The number of fused-ring (bicyclic) bond motifs is 1. The number of aryl methyl sites for hydroxylation is 1. The Morgan fingerprint density at radius 2 is 2.33 bits per heavy atom. The van der Waals surface area contributed by atoms with Gasteiger partial charge >= 0.3 is 0 Å². The number of nitrogens with two attached hydrogens (primary N) is 1. The molecule has 1 aromatic rings. The van der Waals surface area contributed by atoms with Crippen LogP contribution in [0.3, 0.4) is 0 Å². The average molecular weight is 264 g/mol. The van der Waals surface area contributed by atoms with Gasteiger partial charge in [0.1, 0.15) is 0 Å². The molecule has 0 saturated heterocycles. The first-order valence-electron chi connectivity index (χ1n) is 6.39. The quantitative estimate of drug-likeness (QED) is 0.853. The first-order valence-corrected chi connectivity index (χ1v) is 7.27. The third kappa shape index (κ3) is 2.87. The molecule has 2 N–H and O–H groups in total. The van der Waals surface area contributed by atoms with Crippen molar-refractivity contribution in [2.75, 3.05) is 18.0 Å². The van der Waals surface area contributed by atoms with Crippen LogP contribution in [0.5, 0.6) is 0 Å². The van der Waals surface area contributed by atoms with E-state index in [0.29, 0.717) is 11.8 Å². The van der Waals surface area contributed by atoms with Gasteiger partial charge in [0.2, 0.25) is 5.91 Å². The second-order valence-electron chi connectivity index (χ2n) is 4.73. The minimum atomic E-state index is 0.131. The van der Waals surface area contributed by atoms with Crippen LogP contribution in [0.2, 0.25) is 0 Å². The van der Waals surface area contributed by atoms with Gasteiger partial charge in [-0.15, -0.1) is 11.8 Å².